The van der Waals surface area contributed by atoms with Gasteiger partial charge in [-0.25, -0.2) is 9.99 Å². The number of carbonyl (C=O) groups excluding carboxylic acids is 1. The first-order chi connectivity index (χ1) is 17.0. The third-order valence-corrected chi connectivity index (χ3v) is 6.78. The van der Waals surface area contributed by atoms with Crippen LogP contribution in [0.3, 0.4) is 0 Å². The maximum absolute atomic E-state index is 13.3. The van der Waals surface area contributed by atoms with Gasteiger partial charge in [0.2, 0.25) is 0 Å². The molecule has 8 heteroatoms. The standard InChI is InChI=1S/C27H25Cl2N5O/c1-18-25(27(35)32-33-14-3-2-4-15-33)31-26(23-12-9-21(28)16-24(23)29)34(18)22-10-7-19(8-11-22)20-6-5-13-30-17-20/h5-13,16-17H,2-4,14-15H2,1H3,(H,32,35). The monoisotopic (exact) mass is 505 g/mol. The van der Waals surface area contributed by atoms with Crippen molar-refractivity contribution in [2.75, 3.05) is 13.1 Å². The van der Waals surface area contributed by atoms with Gasteiger partial charge in [-0.05, 0) is 67.3 Å². The van der Waals surface area contributed by atoms with E-state index in [0.717, 1.165) is 48.4 Å². The number of rotatable bonds is 5. The molecular weight excluding hydrogens is 481 g/mol. The third kappa shape index (κ3) is 4.96. The van der Waals surface area contributed by atoms with Crippen LogP contribution in [0.2, 0.25) is 10.0 Å². The van der Waals surface area contributed by atoms with Gasteiger partial charge < -0.3 is 0 Å². The lowest BCUT2D eigenvalue weighted by Gasteiger charge is -2.26. The molecule has 0 spiro atoms. The largest absolute Gasteiger partial charge is 0.296 e. The first-order valence-electron chi connectivity index (χ1n) is 11.6. The number of nitrogens with one attached hydrogen (secondary N) is 1. The lowest BCUT2D eigenvalue weighted by molar-refractivity contribution is 0.0744. The number of hydrogen-bond acceptors (Lipinski definition) is 4. The highest BCUT2D eigenvalue weighted by atomic mass is 35.5. The molecule has 3 heterocycles. The topological polar surface area (TPSA) is 63.1 Å². The number of pyridine rings is 1. The van der Waals surface area contributed by atoms with Crippen LogP contribution in [0, 0.1) is 6.92 Å². The highest BCUT2D eigenvalue weighted by molar-refractivity contribution is 6.36. The summed E-state index contributed by atoms with van der Waals surface area (Å²) in [5, 5.41) is 2.98. The summed E-state index contributed by atoms with van der Waals surface area (Å²) in [6.07, 6.45) is 6.92. The second-order valence-corrected chi connectivity index (χ2v) is 9.45. The van der Waals surface area contributed by atoms with Crippen LogP contribution >= 0.6 is 23.2 Å². The molecule has 1 fully saturated rings. The van der Waals surface area contributed by atoms with Crippen molar-refractivity contribution in [3.05, 3.63) is 88.4 Å². The molecular formula is C27H25Cl2N5O. The first-order valence-corrected chi connectivity index (χ1v) is 12.4. The van der Waals surface area contributed by atoms with Crippen molar-refractivity contribution in [1.29, 1.82) is 0 Å². The van der Waals surface area contributed by atoms with Gasteiger partial charge in [0.05, 0.1) is 10.7 Å². The van der Waals surface area contributed by atoms with E-state index < -0.39 is 0 Å². The molecule has 0 bridgehead atoms. The predicted molar refractivity (Wildman–Crippen MR) is 140 cm³/mol. The normalized spacial score (nSPS) is 14.1. The molecule has 2 aromatic carbocycles. The van der Waals surface area contributed by atoms with E-state index in [1.165, 1.54) is 6.42 Å². The van der Waals surface area contributed by atoms with E-state index in [4.69, 9.17) is 28.2 Å². The molecule has 0 unspecified atom stereocenters. The number of benzene rings is 2. The average Bonchev–Trinajstić information content (AvgIpc) is 3.22. The quantitative estimate of drug-likeness (QED) is 0.343. The van der Waals surface area contributed by atoms with E-state index in [-0.39, 0.29) is 5.91 Å². The zero-order valence-electron chi connectivity index (χ0n) is 19.3. The van der Waals surface area contributed by atoms with Crippen molar-refractivity contribution >= 4 is 29.1 Å². The Bertz CT molecular complexity index is 1350. The Morgan fingerprint density at radius 2 is 1.74 bits per heavy atom. The first kappa shape index (κ1) is 23.5. The van der Waals surface area contributed by atoms with Gasteiger partial charge in [0.25, 0.3) is 5.91 Å². The number of nitrogens with zero attached hydrogens (tertiary/aromatic N) is 4. The van der Waals surface area contributed by atoms with Crippen molar-refractivity contribution < 1.29 is 4.79 Å². The summed E-state index contributed by atoms with van der Waals surface area (Å²) in [5.74, 6) is 0.364. The second kappa shape index (κ2) is 10.2. The minimum Gasteiger partial charge on any atom is -0.296 e. The second-order valence-electron chi connectivity index (χ2n) is 8.61. The van der Waals surface area contributed by atoms with E-state index in [1.54, 1.807) is 18.3 Å². The lowest BCUT2D eigenvalue weighted by atomic mass is 10.1. The summed E-state index contributed by atoms with van der Waals surface area (Å²) in [4.78, 5) is 22.2. The van der Waals surface area contributed by atoms with E-state index >= 15 is 0 Å². The maximum atomic E-state index is 13.3. The van der Waals surface area contributed by atoms with Gasteiger partial charge in [-0.3, -0.25) is 19.8 Å². The van der Waals surface area contributed by atoms with Crippen molar-refractivity contribution in [2.24, 2.45) is 0 Å². The molecule has 0 aliphatic carbocycles. The molecule has 5 rings (SSSR count). The smallest absolute Gasteiger partial charge is 0.286 e. The highest BCUT2D eigenvalue weighted by Crippen LogP contribution is 2.33. The zero-order chi connectivity index (χ0) is 24.4. The number of aromatic nitrogens is 3. The molecule has 1 aliphatic heterocycles. The molecule has 1 saturated heterocycles. The highest BCUT2D eigenvalue weighted by Gasteiger charge is 2.24. The Balaban J connectivity index is 1.57. The molecule has 178 valence electrons. The van der Waals surface area contributed by atoms with Gasteiger partial charge in [0.1, 0.15) is 5.82 Å². The Morgan fingerprint density at radius 1 is 0.971 bits per heavy atom. The van der Waals surface area contributed by atoms with Gasteiger partial charge in [-0.2, -0.15) is 0 Å². The van der Waals surface area contributed by atoms with E-state index in [1.807, 2.05) is 65.2 Å². The van der Waals surface area contributed by atoms with Crippen LogP contribution in [0.4, 0.5) is 0 Å². The van der Waals surface area contributed by atoms with Crippen molar-refractivity contribution in [3.8, 4) is 28.2 Å². The van der Waals surface area contributed by atoms with Crippen LogP contribution < -0.4 is 5.43 Å². The predicted octanol–water partition coefficient (Wildman–Crippen LogP) is 6.35. The van der Waals surface area contributed by atoms with Crippen LogP contribution in [0.25, 0.3) is 28.2 Å². The third-order valence-electron chi connectivity index (χ3n) is 6.23. The van der Waals surface area contributed by atoms with Crippen molar-refractivity contribution in [3.63, 3.8) is 0 Å². The number of piperidine rings is 1. The minimum absolute atomic E-state index is 0.221. The van der Waals surface area contributed by atoms with E-state index in [0.29, 0.717) is 27.1 Å². The van der Waals surface area contributed by atoms with Gasteiger partial charge in [0, 0.05) is 41.8 Å². The molecule has 1 amide bonds. The molecule has 0 atom stereocenters. The van der Waals surface area contributed by atoms with Crippen LogP contribution in [-0.2, 0) is 0 Å². The molecule has 1 N–H and O–H groups in total. The molecule has 4 aromatic rings. The number of carbonyl (C=O) groups is 1. The van der Waals surface area contributed by atoms with Gasteiger partial charge in [0.15, 0.2) is 5.69 Å². The summed E-state index contributed by atoms with van der Waals surface area (Å²) in [7, 11) is 0. The maximum Gasteiger partial charge on any atom is 0.286 e. The average molecular weight is 506 g/mol. The van der Waals surface area contributed by atoms with Crippen LogP contribution in [-0.4, -0.2) is 38.5 Å². The summed E-state index contributed by atoms with van der Waals surface area (Å²) in [6, 6.07) is 17.3. The molecule has 35 heavy (non-hydrogen) atoms. The van der Waals surface area contributed by atoms with Gasteiger partial charge >= 0.3 is 0 Å². The molecule has 1 aliphatic rings. The number of hydrogen-bond donors (Lipinski definition) is 1. The fraction of sp³-hybridized carbons (Fsp3) is 0.222. The zero-order valence-corrected chi connectivity index (χ0v) is 20.9. The Labute approximate surface area is 214 Å². The SMILES string of the molecule is Cc1c(C(=O)NN2CCCCC2)nc(-c2ccc(Cl)cc2Cl)n1-c1ccc(-c2cccnc2)cc1. The Morgan fingerprint density at radius 3 is 2.43 bits per heavy atom. The molecule has 0 saturated carbocycles. The number of halogens is 2. The van der Waals surface area contributed by atoms with Gasteiger partial charge in [-0.15, -0.1) is 0 Å². The number of amides is 1. The Kier molecular flexibility index (Phi) is 6.86. The number of imidazole rings is 1. The summed E-state index contributed by atoms with van der Waals surface area (Å²) < 4.78 is 1.97. The molecule has 0 radical (unpaired) electrons. The molecule has 6 nitrogen and oxygen atoms in total. The molecule has 2 aromatic heterocycles. The van der Waals surface area contributed by atoms with Crippen LogP contribution in [0.5, 0.6) is 0 Å². The lowest BCUT2D eigenvalue weighted by Crippen LogP contribution is -2.45. The van der Waals surface area contributed by atoms with Crippen molar-refractivity contribution in [1.82, 2.24) is 25.0 Å². The summed E-state index contributed by atoms with van der Waals surface area (Å²) in [5.41, 5.74) is 7.79. The number of hydrazine groups is 1. The van der Waals surface area contributed by atoms with E-state index in [9.17, 15) is 4.79 Å². The Hall–Kier alpha value is -3.19. The fourth-order valence-electron chi connectivity index (χ4n) is 4.42. The van der Waals surface area contributed by atoms with Crippen LogP contribution in [0.1, 0.15) is 35.4 Å². The summed E-state index contributed by atoms with van der Waals surface area (Å²) in [6.45, 7) is 3.59. The summed E-state index contributed by atoms with van der Waals surface area (Å²) >= 11 is 12.7. The fourth-order valence-corrected chi connectivity index (χ4v) is 4.92. The van der Waals surface area contributed by atoms with Crippen LogP contribution in [0.15, 0.2) is 67.0 Å². The minimum atomic E-state index is -0.221. The van der Waals surface area contributed by atoms with E-state index in [2.05, 4.69) is 10.4 Å². The van der Waals surface area contributed by atoms with Gasteiger partial charge in [-0.1, -0.05) is 47.8 Å². The van der Waals surface area contributed by atoms with Crippen molar-refractivity contribution in [2.45, 2.75) is 26.2 Å².